The van der Waals surface area contributed by atoms with E-state index in [9.17, 15) is 9.90 Å². The summed E-state index contributed by atoms with van der Waals surface area (Å²) in [5.41, 5.74) is 1.82. The Balaban J connectivity index is 1.73. The Kier molecular flexibility index (Phi) is 6.72. The van der Waals surface area contributed by atoms with Crippen molar-refractivity contribution in [3.63, 3.8) is 0 Å². The van der Waals surface area contributed by atoms with Crippen LogP contribution in [0, 0.1) is 5.92 Å². The number of rotatable bonds is 7. The molecule has 1 saturated heterocycles. The molecule has 3 heterocycles. The van der Waals surface area contributed by atoms with Crippen LogP contribution in [-0.4, -0.2) is 61.7 Å². The summed E-state index contributed by atoms with van der Waals surface area (Å²) >= 11 is 0. The Bertz CT molecular complexity index is 885. The third-order valence-corrected chi connectivity index (χ3v) is 5.79. The molecule has 0 bridgehead atoms. The van der Waals surface area contributed by atoms with E-state index in [-0.39, 0.29) is 24.3 Å². The largest absolute Gasteiger partial charge is 0.464 e. The number of furan rings is 1. The lowest BCUT2D eigenvalue weighted by molar-refractivity contribution is -0.171. The Morgan fingerprint density at radius 3 is 2.83 bits per heavy atom. The molecule has 1 fully saturated rings. The van der Waals surface area contributed by atoms with Gasteiger partial charge in [0.05, 0.1) is 19.5 Å². The van der Waals surface area contributed by atoms with E-state index in [4.69, 9.17) is 18.6 Å². The predicted molar refractivity (Wildman–Crippen MR) is 111 cm³/mol. The van der Waals surface area contributed by atoms with Crippen molar-refractivity contribution in [1.29, 1.82) is 0 Å². The van der Waals surface area contributed by atoms with Crippen molar-refractivity contribution in [2.45, 2.75) is 32.0 Å². The van der Waals surface area contributed by atoms with Crippen LogP contribution in [0.4, 0.5) is 0 Å². The van der Waals surface area contributed by atoms with Gasteiger partial charge in [-0.1, -0.05) is 18.2 Å². The highest BCUT2D eigenvalue weighted by Gasteiger charge is 2.40. The van der Waals surface area contributed by atoms with Crippen molar-refractivity contribution in [2.75, 3.05) is 39.5 Å². The molecule has 1 aromatic heterocycles. The fraction of sp³-hybridized carbons (Fsp3) is 0.522. The number of fused-ring (bicyclic) bond motifs is 1. The van der Waals surface area contributed by atoms with Gasteiger partial charge in [0.15, 0.2) is 5.76 Å². The monoisotopic (exact) mass is 415 g/mol. The Labute approximate surface area is 176 Å². The van der Waals surface area contributed by atoms with Crippen molar-refractivity contribution >= 4 is 16.9 Å². The van der Waals surface area contributed by atoms with Crippen LogP contribution in [0.5, 0.6) is 0 Å². The second-order valence-electron chi connectivity index (χ2n) is 7.62. The van der Waals surface area contributed by atoms with Crippen LogP contribution in [0.25, 0.3) is 11.0 Å². The lowest BCUT2D eigenvalue weighted by Gasteiger charge is -2.38. The molecule has 30 heavy (non-hydrogen) atoms. The topological polar surface area (TPSA) is 81.4 Å². The van der Waals surface area contributed by atoms with Crippen molar-refractivity contribution in [3.05, 3.63) is 47.9 Å². The van der Waals surface area contributed by atoms with Crippen molar-refractivity contribution < 1.29 is 28.5 Å². The maximum atomic E-state index is 13.2. The van der Waals surface area contributed by atoms with Crippen molar-refractivity contribution in [1.82, 2.24) is 4.90 Å². The number of morpholine rings is 1. The molecule has 3 atom stereocenters. The van der Waals surface area contributed by atoms with Gasteiger partial charge in [0.2, 0.25) is 6.29 Å². The summed E-state index contributed by atoms with van der Waals surface area (Å²) in [5, 5.41) is 10.4. The summed E-state index contributed by atoms with van der Waals surface area (Å²) in [5.74, 6) is 0.0112. The van der Waals surface area contributed by atoms with Gasteiger partial charge < -0.3 is 28.6 Å². The SMILES string of the molecule is CCO[C@@H]1OC(C(=O)N2CCOCC2)=C[C@H](c2coc3ccccc23)[C@H]1CCCO. The van der Waals surface area contributed by atoms with E-state index >= 15 is 0 Å². The standard InChI is InChI=1S/C23H29NO6/c1-2-28-23-17(7-5-11-25)18(19-15-29-20-8-4-3-6-16(19)20)14-21(30-23)22(26)24-9-12-27-13-10-24/h3-4,6,8,14-15,17-18,23,25H,2,5,7,9-13H2,1H3/t17-,18+,23-/m1/s1. The van der Waals surface area contributed by atoms with Crippen LogP contribution in [0.2, 0.25) is 0 Å². The average molecular weight is 415 g/mol. The quantitative estimate of drug-likeness (QED) is 0.749. The summed E-state index contributed by atoms with van der Waals surface area (Å²) < 4.78 is 23.2. The minimum Gasteiger partial charge on any atom is -0.464 e. The first kappa shape index (κ1) is 20.9. The Morgan fingerprint density at radius 1 is 1.27 bits per heavy atom. The number of para-hydroxylation sites is 1. The van der Waals surface area contributed by atoms with Gasteiger partial charge in [-0.2, -0.15) is 0 Å². The van der Waals surface area contributed by atoms with E-state index in [1.807, 2.05) is 37.3 Å². The number of allylic oxidation sites excluding steroid dienone is 1. The molecule has 7 nitrogen and oxygen atoms in total. The molecule has 7 heteroatoms. The molecule has 0 spiro atoms. The number of benzene rings is 1. The lowest BCUT2D eigenvalue weighted by atomic mass is 9.80. The van der Waals surface area contributed by atoms with Gasteiger partial charge in [-0.25, -0.2) is 0 Å². The molecule has 1 aromatic carbocycles. The summed E-state index contributed by atoms with van der Waals surface area (Å²) in [4.78, 5) is 14.9. The maximum absolute atomic E-state index is 13.2. The van der Waals surface area contributed by atoms with Crippen LogP contribution in [0.3, 0.4) is 0 Å². The summed E-state index contributed by atoms with van der Waals surface area (Å²) in [6.45, 7) is 4.63. The van der Waals surface area contributed by atoms with Gasteiger partial charge in [0.1, 0.15) is 5.58 Å². The van der Waals surface area contributed by atoms with Gasteiger partial charge in [-0.05, 0) is 31.9 Å². The molecule has 0 aliphatic carbocycles. The highest BCUT2D eigenvalue weighted by molar-refractivity contribution is 5.92. The van der Waals surface area contributed by atoms with Crippen LogP contribution < -0.4 is 0 Å². The lowest BCUT2D eigenvalue weighted by Crippen LogP contribution is -2.44. The zero-order valence-corrected chi connectivity index (χ0v) is 17.3. The maximum Gasteiger partial charge on any atom is 0.288 e. The molecule has 4 rings (SSSR count). The van der Waals surface area contributed by atoms with Crippen LogP contribution in [0.1, 0.15) is 31.2 Å². The molecule has 162 valence electrons. The van der Waals surface area contributed by atoms with Crippen LogP contribution in [-0.2, 0) is 19.0 Å². The minimum atomic E-state index is -0.565. The Hall–Kier alpha value is -2.35. The van der Waals surface area contributed by atoms with E-state index in [2.05, 4.69) is 0 Å². The molecule has 1 N–H and O–H groups in total. The summed E-state index contributed by atoms with van der Waals surface area (Å²) in [6, 6.07) is 7.88. The average Bonchev–Trinajstić information content (AvgIpc) is 3.22. The summed E-state index contributed by atoms with van der Waals surface area (Å²) in [6.07, 6.45) is 4.45. The zero-order valence-electron chi connectivity index (χ0n) is 17.3. The van der Waals surface area contributed by atoms with E-state index in [0.29, 0.717) is 51.5 Å². The van der Waals surface area contributed by atoms with Crippen LogP contribution in [0.15, 0.2) is 46.8 Å². The molecule has 2 aliphatic rings. The smallest absolute Gasteiger partial charge is 0.288 e. The molecule has 2 aromatic rings. The third-order valence-electron chi connectivity index (χ3n) is 5.79. The minimum absolute atomic E-state index is 0.0423. The van der Waals surface area contributed by atoms with Crippen molar-refractivity contribution in [3.8, 4) is 0 Å². The van der Waals surface area contributed by atoms with Gasteiger partial charge in [-0.15, -0.1) is 0 Å². The molecular formula is C23H29NO6. The molecule has 0 radical (unpaired) electrons. The Morgan fingerprint density at radius 2 is 2.07 bits per heavy atom. The number of carbonyl (C=O) groups excluding carboxylic acids is 1. The second-order valence-corrected chi connectivity index (χ2v) is 7.62. The number of aliphatic hydroxyl groups excluding tert-OH is 1. The predicted octanol–water partition coefficient (Wildman–Crippen LogP) is 3.04. The van der Waals surface area contributed by atoms with E-state index in [0.717, 1.165) is 16.5 Å². The van der Waals surface area contributed by atoms with Gasteiger partial charge >= 0.3 is 0 Å². The first-order valence-electron chi connectivity index (χ1n) is 10.7. The summed E-state index contributed by atoms with van der Waals surface area (Å²) in [7, 11) is 0. The first-order valence-corrected chi connectivity index (χ1v) is 10.7. The van der Waals surface area contributed by atoms with Gasteiger partial charge in [0.25, 0.3) is 5.91 Å². The fourth-order valence-corrected chi connectivity index (χ4v) is 4.29. The van der Waals surface area contributed by atoms with Crippen LogP contribution >= 0.6 is 0 Å². The second kappa shape index (κ2) is 9.64. The molecule has 0 saturated carbocycles. The normalized spacial score (nSPS) is 24.5. The van der Waals surface area contributed by atoms with E-state index < -0.39 is 6.29 Å². The first-order chi connectivity index (χ1) is 14.7. The van der Waals surface area contributed by atoms with Gasteiger partial charge in [-0.3, -0.25) is 4.79 Å². The molecular weight excluding hydrogens is 386 g/mol. The zero-order chi connectivity index (χ0) is 20.9. The highest BCUT2D eigenvalue weighted by atomic mass is 16.7. The van der Waals surface area contributed by atoms with E-state index in [1.54, 1.807) is 11.2 Å². The third kappa shape index (κ3) is 4.24. The van der Waals surface area contributed by atoms with Crippen molar-refractivity contribution in [2.24, 2.45) is 5.92 Å². The molecule has 0 unspecified atom stereocenters. The number of amides is 1. The number of carbonyl (C=O) groups is 1. The fourth-order valence-electron chi connectivity index (χ4n) is 4.29. The molecule has 2 aliphatic heterocycles. The number of ether oxygens (including phenoxy) is 3. The van der Waals surface area contributed by atoms with Gasteiger partial charge in [0, 0.05) is 49.1 Å². The number of hydrogen-bond donors (Lipinski definition) is 1. The number of hydrogen-bond acceptors (Lipinski definition) is 6. The molecule has 1 amide bonds. The number of aliphatic hydroxyl groups is 1. The number of nitrogens with zero attached hydrogens (tertiary/aromatic N) is 1. The van der Waals surface area contributed by atoms with E-state index in [1.165, 1.54) is 0 Å². The highest BCUT2D eigenvalue weighted by Crippen LogP contribution is 2.42.